The number of nitrogens with one attached hydrogen (secondary N) is 1. The van der Waals surface area contributed by atoms with E-state index in [2.05, 4.69) is 123 Å². The van der Waals surface area contributed by atoms with E-state index in [-0.39, 0.29) is 26.4 Å². The molecule has 0 fully saturated rings. The third-order valence-corrected chi connectivity index (χ3v) is 19.1. The van der Waals surface area contributed by atoms with Crippen LogP contribution in [0.2, 0.25) is 74.4 Å². The molecular formula is C70H76Cl9CuI5N7O16Si2. The fraction of sp³-hybridized carbons (Fsp3) is 0.200. The quantitative estimate of drug-likeness (QED) is 0.0136. The van der Waals surface area contributed by atoms with Gasteiger partial charge >= 0.3 is 74.9 Å². The van der Waals surface area contributed by atoms with Crippen LogP contribution in [0.1, 0.15) is 85.0 Å². The number of carbonyl (C=O) groups excluding carboxylic acids is 7. The van der Waals surface area contributed by atoms with Crippen molar-refractivity contribution in [1.29, 1.82) is 0 Å². The zero-order valence-corrected chi connectivity index (χ0v) is 81.2. The van der Waals surface area contributed by atoms with Gasteiger partial charge in [-0.05, 0) is 191 Å². The molecular weight excluding hydrogens is 2270 g/mol. The molecule has 0 aliphatic heterocycles. The van der Waals surface area contributed by atoms with Gasteiger partial charge in [0, 0.05) is 99.4 Å². The van der Waals surface area contributed by atoms with Gasteiger partial charge in [0.05, 0.1) is 120 Å². The van der Waals surface area contributed by atoms with E-state index in [1.54, 1.807) is 96.5 Å². The van der Waals surface area contributed by atoms with E-state index >= 15 is 0 Å². The zero-order chi connectivity index (χ0) is 86.4. The van der Waals surface area contributed by atoms with Gasteiger partial charge in [0.25, 0.3) is 0 Å². The number of carboxylic acid groups (broad SMARTS) is 1. The van der Waals surface area contributed by atoms with Crippen LogP contribution in [-0.2, 0) is 46.0 Å². The Labute approximate surface area is 758 Å². The molecule has 8 rings (SSSR count). The Bertz CT molecular complexity index is 4440. The number of nitrogen functional groups attached to an aromatic ring is 6. The van der Waals surface area contributed by atoms with Crippen molar-refractivity contribution in [2.75, 3.05) is 84.2 Å². The number of rotatable bonds is 7. The number of benzene rings is 7. The summed E-state index contributed by atoms with van der Waals surface area (Å²) < 4.78 is 29.6. The number of methoxy groups -OCH3 is 6. The number of terminal acetylenes is 1. The summed E-state index contributed by atoms with van der Waals surface area (Å²) in [5.41, 5.74) is 46.0. The standard InChI is InChI=1S/C13H16ClNO2Si.C10H8ClNO2.3C8H7ClINO2.C8H8ClNO2.C7H6ClNO2.C5H10Si.C2H3ClO.CH4O.ClI.Cu.HI/c1-17-13(16)10-7-9(5-6-18(2,3)4)12(15)8-11(10)14;1-14-10(13)7-4-6-2-3-12-9(6)5-8(7)11;2*1-13-8(12)4-2-6(10)7(11)3-5(4)9;1-13-8(12)4-2-3-5(11)7(10)6(4)9;1-12-8(11)6-3-2-5(10)4-7(6)9;8-6-3-4(9)1-2-5(6)7(10)11;1-5-6(2,3)4;1-2(3)4;2*1-2;;/h7-8H,15H2,1-4H3;2-5,12H,1H3;3*2-3H,11H2,1H3;2-4H,10H2,1H3;1-3H,9H2,(H,10,11);1H,2-4H3;1H3;2H,1H3;;;1H/q;;;;;;;;;;;+1;/p-1. The molecule has 604 valence electrons. The zero-order valence-electron chi connectivity index (χ0n) is 60.6. The minimum absolute atomic E-state index is 0.0702. The molecule has 0 aliphatic carbocycles. The summed E-state index contributed by atoms with van der Waals surface area (Å²) >= 11 is 58.8. The first-order chi connectivity index (χ1) is 51.2. The molecule has 1 heterocycles. The molecule has 0 atom stereocenters. The van der Waals surface area contributed by atoms with Gasteiger partial charge in [0.2, 0.25) is 5.24 Å². The van der Waals surface area contributed by atoms with Crippen LogP contribution in [0.3, 0.4) is 0 Å². The van der Waals surface area contributed by atoms with Crippen molar-refractivity contribution >= 4 is 319 Å². The van der Waals surface area contributed by atoms with Crippen molar-refractivity contribution in [3.63, 3.8) is 0 Å². The number of ether oxygens (including phenoxy) is 6. The number of nitrogens with two attached hydrogens (primary N) is 6. The fourth-order valence-electron chi connectivity index (χ4n) is 6.56. The first-order valence-electron chi connectivity index (χ1n) is 29.5. The molecule has 0 amide bonds. The Morgan fingerprint density at radius 1 is 0.455 bits per heavy atom. The third-order valence-electron chi connectivity index (χ3n) is 11.7. The number of anilines is 6. The Morgan fingerprint density at radius 3 is 1.11 bits per heavy atom. The number of aromatic amines is 1. The number of carbonyl (C=O) groups is 8. The summed E-state index contributed by atoms with van der Waals surface area (Å²) in [4.78, 5) is 89.9. The summed E-state index contributed by atoms with van der Waals surface area (Å²) in [5.74, 6) is -0.760. The van der Waals surface area contributed by atoms with E-state index in [1.165, 1.54) is 98.1 Å². The summed E-state index contributed by atoms with van der Waals surface area (Å²) in [6, 6.07) is 26.8. The number of aromatic carboxylic acids is 1. The number of halogens is 14. The number of aliphatic hydroxyl groups is 1. The fourth-order valence-corrected chi connectivity index (χ4v) is 10.2. The van der Waals surface area contributed by atoms with Gasteiger partial charge in [-0.25, -0.2) is 33.6 Å². The van der Waals surface area contributed by atoms with E-state index in [1.807, 2.05) is 73.8 Å². The summed E-state index contributed by atoms with van der Waals surface area (Å²) in [7, 11) is 10.9. The molecule has 23 nitrogen and oxygen atoms in total. The number of carboxylic acids is 1. The van der Waals surface area contributed by atoms with Gasteiger partial charge in [0.15, 0.2) is 0 Å². The maximum atomic E-state index is 11.5. The second-order valence-electron chi connectivity index (χ2n) is 22.0. The van der Waals surface area contributed by atoms with Crippen molar-refractivity contribution < 1.29 is 89.8 Å². The van der Waals surface area contributed by atoms with E-state index in [9.17, 15) is 38.4 Å². The van der Waals surface area contributed by atoms with Gasteiger partial charge < -0.3 is 78.0 Å². The molecule has 40 heteroatoms. The average molecular weight is 2340 g/mol. The van der Waals surface area contributed by atoms with Crippen LogP contribution in [0.25, 0.3) is 10.9 Å². The van der Waals surface area contributed by atoms with Crippen LogP contribution in [0, 0.1) is 34.1 Å². The van der Waals surface area contributed by atoms with E-state index in [0.29, 0.717) is 96.2 Å². The monoisotopic (exact) mass is 2340 g/mol. The van der Waals surface area contributed by atoms with E-state index in [0.717, 1.165) is 25.2 Å². The number of aromatic nitrogens is 1. The van der Waals surface area contributed by atoms with Crippen LogP contribution in [-0.4, -0.2) is 128 Å². The van der Waals surface area contributed by atoms with Gasteiger partial charge in [-0.2, -0.15) is 0 Å². The van der Waals surface area contributed by atoms with Crippen LogP contribution in [0.5, 0.6) is 0 Å². The van der Waals surface area contributed by atoms with Crippen molar-refractivity contribution in [2.24, 2.45) is 0 Å². The predicted molar refractivity (Wildman–Crippen MR) is 493 cm³/mol. The first kappa shape index (κ1) is 111. The Morgan fingerprint density at radius 2 is 0.764 bits per heavy atom. The number of H-pyrrole nitrogens is 1. The molecule has 0 saturated carbocycles. The summed E-state index contributed by atoms with van der Waals surface area (Å²) in [6.07, 6.45) is 6.91. The topological polar surface area (TPSA) is 404 Å². The number of fused-ring (bicyclic) bond motifs is 1. The van der Waals surface area contributed by atoms with Gasteiger partial charge in [-0.1, -0.05) is 126 Å². The van der Waals surface area contributed by atoms with Gasteiger partial charge in [0.1, 0.15) is 16.1 Å². The van der Waals surface area contributed by atoms with Crippen LogP contribution in [0.15, 0.2) is 109 Å². The molecule has 0 radical (unpaired) electrons. The van der Waals surface area contributed by atoms with Crippen LogP contribution < -0.4 is 34.4 Å². The molecule has 0 unspecified atom stereocenters. The normalized spacial score (nSPS) is 9.47. The first-order valence-corrected chi connectivity index (χ1v) is 48.5. The Kier molecular flexibility index (Phi) is 59.7. The predicted octanol–water partition coefficient (Wildman–Crippen LogP) is 20.2. The average Bonchev–Trinajstić information content (AvgIpc) is 1.21. The number of esters is 6. The molecule has 0 bridgehead atoms. The second-order valence-corrected chi connectivity index (χ2v) is 38.2. The second kappa shape index (κ2) is 58.9. The maximum absolute atomic E-state index is 11.5. The van der Waals surface area contributed by atoms with Crippen molar-refractivity contribution in [3.05, 3.63) is 200 Å². The molecule has 7 aromatic carbocycles. The molecule has 15 N–H and O–H groups in total. The Hall–Kier alpha value is -4.87. The third kappa shape index (κ3) is 43.6. The summed E-state index contributed by atoms with van der Waals surface area (Å²) in [6.45, 7) is 14.1. The van der Waals surface area contributed by atoms with E-state index < -0.39 is 57.9 Å². The molecule has 0 aliphatic rings. The summed E-state index contributed by atoms with van der Waals surface area (Å²) in [5, 5.41) is 18.2. The van der Waals surface area contributed by atoms with Crippen LogP contribution in [0.4, 0.5) is 34.1 Å². The van der Waals surface area contributed by atoms with Crippen molar-refractivity contribution in [3.8, 4) is 23.4 Å². The number of hydrogen-bond donors (Lipinski definition) is 9. The molecule has 0 spiro atoms. The molecule has 1 aromatic heterocycles. The number of hydrogen-bond acceptors (Lipinski definition) is 21. The molecule has 110 heavy (non-hydrogen) atoms. The molecule has 8 aromatic rings. The van der Waals surface area contributed by atoms with Crippen LogP contribution >= 0.6 is 211 Å². The number of aliphatic hydroxyl groups excluding tert-OH is 1. The Balaban J connectivity index is -0.000000579. The SMILES string of the molecule is C#C[Si](C)(C)C.CC(=O)Cl.CO.COC(=O)c1cc(C#C[Si](C)(C)C)c(N)cc1Cl.COC(=O)c1cc(I)c(N)cc1Cl.COC(=O)c1cc(I)c(N)cc1Cl.COC(=O)c1cc2cc[nH]c2cc1Cl.COC(=O)c1ccc(N)c(I)c1Cl.COC(=O)c1ccc(N)cc1Cl.ClI.Nc1ccc(C(=O)O)c(Cl)c1.[Cu][I]. The molecule has 0 saturated heterocycles. The van der Waals surface area contributed by atoms with Crippen molar-refractivity contribution in [2.45, 2.75) is 46.2 Å². The van der Waals surface area contributed by atoms with Gasteiger partial charge in [-0.15, -0.1) is 17.5 Å². The van der Waals surface area contributed by atoms with Gasteiger partial charge in [-0.3, -0.25) is 4.79 Å². The van der Waals surface area contributed by atoms with E-state index in [4.69, 9.17) is 132 Å². The minimum atomic E-state index is -1.50. The van der Waals surface area contributed by atoms with Crippen molar-refractivity contribution in [1.82, 2.24) is 4.98 Å².